The molecule has 2 aliphatic carbocycles. The van der Waals surface area contributed by atoms with Crippen molar-refractivity contribution in [2.75, 3.05) is 0 Å². The minimum Gasteiger partial charge on any atom is -0.323 e. The number of hydrogen-bond acceptors (Lipinski definition) is 3. The quantitative estimate of drug-likeness (QED) is 0.840. The summed E-state index contributed by atoms with van der Waals surface area (Å²) in [6.45, 7) is 0. The average Bonchev–Trinajstić information content (AvgIpc) is 2.60. The maximum Gasteiger partial charge on any atom is 0.249 e. The van der Waals surface area contributed by atoms with Gasteiger partial charge in [-0.1, -0.05) is 56.4 Å². The van der Waals surface area contributed by atoms with Gasteiger partial charge in [0, 0.05) is 12.0 Å². The third kappa shape index (κ3) is 3.81. The second-order valence-electron chi connectivity index (χ2n) is 6.75. The second-order valence-corrected chi connectivity index (χ2v) is 6.75. The predicted octanol–water partition coefficient (Wildman–Crippen LogP) is 3.66. The summed E-state index contributed by atoms with van der Waals surface area (Å²) in [6.07, 6.45) is 10.4. The highest BCUT2D eigenvalue weighted by Gasteiger charge is 2.28. The fourth-order valence-corrected chi connectivity index (χ4v) is 3.63. The van der Waals surface area contributed by atoms with E-state index in [1.54, 1.807) is 24.3 Å². The summed E-state index contributed by atoms with van der Waals surface area (Å²) in [4.78, 5) is 36.3. The normalized spacial score (nSPS) is 18.1. The number of Topliss-reactive ketones (excluding diaryl/α,β-unsaturated/α-hetero) is 2. The number of nitrogens with one attached hydrogen (secondary N) is 1. The first kappa shape index (κ1) is 16.6. The third-order valence-corrected chi connectivity index (χ3v) is 4.97. The number of hydrogen-bond donors (Lipinski definition) is 1. The number of carbonyl (C=O) groups excluding carboxylic acids is 3. The van der Waals surface area contributed by atoms with Gasteiger partial charge in [-0.3, -0.25) is 14.4 Å². The maximum atomic E-state index is 12.1. The first-order valence-corrected chi connectivity index (χ1v) is 8.85. The molecule has 0 radical (unpaired) electrons. The second kappa shape index (κ2) is 7.56. The Balaban J connectivity index is 1.55. The van der Waals surface area contributed by atoms with Crippen molar-refractivity contribution in [2.45, 2.75) is 51.4 Å². The molecule has 1 aromatic rings. The van der Waals surface area contributed by atoms with Crippen molar-refractivity contribution in [1.82, 2.24) is 5.32 Å². The van der Waals surface area contributed by atoms with Gasteiger partial charge in [-0.05, 0) is 30.4 Å². The topological polar surface area (TPSA) is 63.2 Å². The highest BCUT2D eigenvalue weighted by Crippen LogP contribution is 2.27. The van der Waals surface area contributed by atoms with Crippen molar-refractivity contribution in [1.29, 1.82) is 0 Å². The van der Waals surface area contributed by atoms with Gasteiger partial charge in [0.2, 0.25) is 17.5 Å². The van der Waals surface area contributed by atoms with Crippen LogP contribution in [0.3, 0.4) is 0 Å². The Labute approximate surface area is 142 Å². The Morgan fingerprint density at radius 1 is 1.04 bits per heavy atom. The molecule has 0 heterocycles. The molecule has 0 bridgehead atoms. The summed E-state index contributed by atoms with van der Waals surface area (Å²) >= 11 is 0. The monoisotopic (exact) mass is 325 g/mol. The molecular weight excluding hydrogens is 302 g/mol. The average molecular weight is 325 g/mol. The van der Waals surface area contributed by atoms with Crippen LogP contribution in [0.1, 0.15) is 67.3 Å². The molecule has 4 heteroatoms. The number of rotatable bonds is 5. The summed E-state index contributed by atoms with van der Waals surface area (Å²) in [5.41, 5.74) is 1.18. The van der Waals surface area contributed by atoms with E-state index in [9.17, 15) is 14.4 Å². The Bertz CT molecular complexity index is 684. The van der Waals surface area contributed by atoms with E-state index in [-0.39, 0.29) is 11.6 Å². The highest BCUT2D eigenvalue weighted by molar-refractivity contribution is 6.51. The molecule has 1 aromatic carbocycles. The van der Waals surface area contributed by atoms with Crippen LogP contribution in [0.5, 0.6) is 0 Å². The lowest BCUT2D eigenvalue weighted by molar-refractivity contribution is -0.122. The lowest BCUT2D eigenvalue weighted by atomic mass is 9.86. The Kier molecular flexibility index (Phi) is 5.24. The molecule has 0 aromatic heterocycles. The van der Waals surface area contributed by atoms with Gasteiger partial charge in [-0.2, -0.15) is 0 Å². The van der Waals surface area contributed by atoms with Crippen molar-refractivity contribution < 1.29 is 14.4 Å². The fraction of sp³-hybridized carbons (Fsp3) is 0.450. The predicted molar refractivity (Wildman–Crippen MR) is 92.3 cm³/mol. The summed E-state index contributed by atoms with van der Waals surface area (Å²) in [7, 11) is 0. The Hall–Kier alpha value is -2.23. The lowest BCUT2D eigenvalue weighted by Crippen LogP contribution is -2.33. The number of ketones is 2. The molecule has 1 fully saturated rings. The van der Waals surface area contributed by atoms with Crippen molar-refractivity contribution in [2.24, 2.45) is 5.92 Å². The van der Waals surface area contributed by atoms with Gasteiger partial charge in [0.15, 0.2) is 0 Å². The summed E-state index contributed by atoms with van der Waals surface area (Å²) in [5.74, 6) is -0.618. The molecule has 24 heavy (non-hydrogen) atoms. The van der Waals surface area contributed by atoms with E-state index in [0.29, 0.717) is 17.5 Å². The molecule has 1 N–H and O–H groups in total. The maximum absolute atomic E-state index is 12.1. The van der Waals surface area contributed by atoms with Crippen LogP contribution in [-0.4, -0.2) is 17.5 Å². The molecule has 0 spiro atoms. The molecule has 0 aliphatic heterocycles. The van der Waals surface area contributed by atoms with Crippen LogP contribution < -0.4 is 5.32 Å². The van der Waals surface area contributed by atoms with E-state index in [4.69, 9.17) is 0 Å². The third-order valence-electron chi connectivity index (χ3n) is 4.97. The van der Waals surface area contributed by atoms with E-state index in [1.807, 2.05) is 6.07 Å². The van der Waals surface area contributed by atoms with E-state index in [0.717, 1.165) is 18.8 Å². The highest BCUT2D eigenvalue weighted by atomic mass is 16.2. The molecule has 3 rings (SSSR count). The summed E-state index contributed by atoms with van der Waals surface area (Å²) in [5, 5.41) is 2.63. The lowest BCUT2D eigenvalue weighted by Gasteiger charge is -2.21. The van der Waals surface area contributed by atoms with Gasteiger partial charge in [-0.15, -0.1) is 0 Å². The Morgan fingerprint density at radius 3 is 2.58 bits per heavy atom. The number of fused-ring (bicyclic) bond motifs is 1. The minimum absolute atomic E-state index is 0.0985. The van der Waals surface area contributed by atoms with Crippen LogP contribution in [0.15, 0.2) is 30.0 Å². The van der Waals surface area contributed by atoms with Gasteiger partial charge < -0.3 is 5.32 Å². The fourth-order valence-electron chi connectivity index (χ4n) is 3.63. The van der Waals surface area contributed by atoms with Gasteiger partial charge in [0.1, 0.15) is 0 Å². The number of amides is 1. The van der Waals surface area contributed by atoms with Crippen LogP contribution in [0.2, 0.25) is 0 Å². The van der Waals surface area contributed by atoms with Crippen molar-refractivity contribution >= 4 is 23.5 Å². The number of benzene rings is 1. The Morgan fingerprint density at radius 2 is 1.79 bits per heavy atom. The molecule has 126 valence electrons. The number of carbonyl (C=O) groups is 3. The van der Waals surface area contributed by atoms with Gasteiger partial charge in [-0.25, -0.2) is 0 Å². The SMILES string of the molecule is O=C(CCCC1CCCCC1)NC1=Cc2ccccc2C(=O)C1=O. The molecule has 0 atom stereocenters. The molecule has 1 amide bonds. The van der Waals surface area contributed by atoms with Gasteiger partial charge in [0.05, 0.1) is 5.70 Å². The first-order valence-electron chi connectivity index (χ1n) is 8.85. The summed E-state index contributed by atoms with van der Waals surface area (Å²) in [6, 6.07) is 6.94. The molecule has 1 saturated carbocycles. The van der Waals surface area contributed by atoms with Crippen LogP contribution in [0, 0.1) is 5.92 Å². The van der Waals surface area contributed by atoms with E-state index in [2.05, 4.69) is 5.32 Å². The van der Waals surface area contributed by atoms with Crippen LogP contribution in [0.25, 0.3) is 6.08 Å². The molecule has 0 unspecified atom stereocenters. The van der Waals surface area contributed by atoms with Gasteiger partial charge >= 0.3 is 0 Å². The smallest absolute Gasteiger partial charge is 0.249 e. The van der Waals surface area contributed by atoms with Gasteiger partial charge in [0.25, 0.3) is 0 Å². The zero-order valence-corrected chi connectivity index (χ0v) is 13.8. The van der Waals surface area contributed by atoms with Crippen LogP contribution in [0.4, 0.5) is 0 Å². The molecule has 2 aliphatic rings. The largest absolute Gasteiger partial charge is 0.323 e. The minimum atomic E-state index is -0.630. The van der Waals surface area contributed by atoms with Crippen LogP contribution >= 0.6 is 0 Å². The zero-order valence-electron chi connectivity index (χ0n) is 13.8. The molecule has 4 nitrogen and oxygen atoms in total. The van der Waals surface area contributed by atoms with E-state index >= 15 is 0 Å². The van der Waals surface area contributed by atoms with Crippen molar-refractivity contribution in [3.05, 3.63) is 41.1 Å². The standard InChI is InChI=1S/C20H23NO3/c22-18(12-6-9-14-7-2-1-3-8-14)21-17-13-15-10-4-5-11-16(15)19(23)20(17)24/h4-5,10-11,13-14H,1-3,6-9,12H2,(H,21,22). The van der Waals surface area contributed by atoms with E-state index in [1.165, 1.54) is 32.1 Å². The summed E-state index contributed by atoms with van der Waals surface area (Å²) < 4.78 is 0. The first-order chi connectivity index (χ1) is 11.6. The molecular formula is C20H23NO3. The van der Waals surface area contributed by atoms with Crippen molar-refractivity contribution in [3.8, 4) is 0 Å². The van der Waals surface area contributed by atoms with Crippen LogP contribution in [-0.2, 0) is 9.59 Å². The van der Waals surface area contributed by atoms with Crippen molar-refractivity contribution in [3.63, 3.8) is 0 Å². The van der Waals surface area contributed by atoms with E-state index < -0.39 is 11.6 Å². The molecule has 0 saturated heterocycles. The number of allylic oxidation sites excluding steroid dienone is 1. The zero-order chi connectivity index (χ0) is 16.9.